The molecule has 2 rings (SSSR count). The Morgan fingerprint density at radius 3 is 2.65 bits per heavy atom. The van der Waals surface area contributed by atoms with Gasteiger partial charge in [0.2, 0.25) is 0 Å². The van der Waals surface area contributed by atoms with Crippen LogP contribution in [0.2, 0.25) is 0 Å². The normalized spacial score (nSPS) is 12.4. The first-order chi connectivity index (χ1) is 9.70. The van der Waals surface area contributed by atoms with E-state index in [2.05, 4.69) is 36.5 Å². The summed E-state index contributed by atoms with van der Waals surface area (Å²) < 4.78 is 0. The molecule has 0 unspecified atom stereocenters. The van der Waals surface area contributed by atoms with Crippen molar-refractivity contribution < 1.29 is 9.90 Å². The first kappa shape index (κ1) is 14.5. The minimum absolute atomic E-state index is 0.457. The number of benzene rings is 2. The summed E-state index contributed by atoms with van der Waals surface area (Å²) in [7, 11) is 0. The van der Waals surface area contributed by atoms with Gasteiger partial charge in [0, 0.05) is 6.54 Å². The van der Waals surface area contributed by atoms with Gasteiger partial charge in [0.05, 0.1) is 0 Å². The maximum Gasteiger partial charge on any atom is 0.320 e. The van der Waals surface area contributed by atoms with Gasteiger partial charge in [0.25, 0.3) is 0 Å². The standard InChI is InChI=1S/C17H21NO2/c1-2-3-8-16(17(19)20)18-12-13-9-10-14-6-4-5-7-15(14)11-13/h4-7,9-11,16,18H,2-3,8,12H2,1H3,(H,19,20)/t16-/m0/s1. The summed E-state index contributed by atoms with van der Waals surface area (Å²) in [6.07, 6.45) is 2.63. The van der Waals surface area contributed by atoms with Crippen LogP contribution in [0.1, 0.15) is 31.7 Å². The smallest absolute Gasteiger partial charge is 0.320 e. The first-order valence-corrected chi connectivity index (χ1v) is 7.14. The van der Waals surface area contributed by atoms with Crippen LogP contribution in [0.15, 0.2) is 42.5 Å². The van der Waals surface area contributed by atoms with Gasteiger partial charge in [0.1, 0.15) is 6.04 Å². The average Bonchev–Trinajstić information content (AvgIpc) is 2.46. The van der Waals surface area contributed by atoms with Gasteiger partial charge < -0.3 is 10.4 Å². The van der Waals surface area contributed by atoms with E-state index < -0.39 is 12.0 Å². The van der Waals surface area contributed by atoms with Crippen LogP contribution in [-0.4, -0.2) is 17.1 Å². The van der Waals surface area contributed by atoms with E-state index in [0.717, 1.165) is 18.4 Å². The largest absolute Gasteiger partial charge is 0.480 e. The van der Waals surface area contributed by atoms with Crippen molar-refractivity contribution in [2.75, 3.05) is 0 Å². The monoisotopic (exact) mass is 271 g/mol. The van der Waals surface area contributed by atoms with E-state index in [9.17, 15) is 9.90 Å². The van der Waals surface area contributed by atoms with Gasteiger partial charge in [-0.2, -0.15) is 0 Å². The van der Waals surface area contributed by atoms with E-state index in [1.54, 1.807) is 0 Å². The number of carboxylic acid groups (broad SMARTS) is 1. The number of hydrogen-bond donors (Lipinski definition) is 2. The first-order valence-electron chi connectivity index (χ1n) is 7.14. The molecular formula is C17H21NO2. The fourth-order valence-electron chi connectivity index (χ4n) is 2.31. The molecule has 0 bridgehead atoms. The van der Waals surface area contributed by atoms with Crippen LogP contribution in [0.25, 0.3) is 10.8 Å². The Kier molecular flexibility index (Phi) is 5.13. The zero-order valence-electron chi connectivity index (χ0n) is 11.8. The van der Waals surface area contributed by atoms with E-state index in [0.29, 0.717) is 13.0 Å². The van der Waals surface area contributed by atoms with Gasteiger partial charge in [0.15, 0.2) is 0 Å². The number of aliphatic carboxylic acids is 1. The molecule has 0 aromatic heterocycles. The van der Waals surface area contributed by atoms with Crippen LogP contribution in [0.3, 0.4) is 0 Å². The molecule has 3 heteroatoms. The highest BCUT2D eigenvalue weighted by molar-refractivity contribution is 5.83. The SMILES string of the molecule is CCCC[C@H](NCc1ccc2ccccc2c1)C(=O)O. The maximum atomic E-state index is 11.2. The van der Waals surface area contributed by atoms with Crippen molar-refractivity contribution >= 4 is 16.7 Å². The molecule has 0 heterocycles. The second kappa shape index (κ2) is 7.06. The molecule has 0 radical (unpaired) electrons. The highest BCUT2D eigenvalue weighted by atomic mass is 16.4. The van der Waals surface area contributed by atoms with E-state index in [1.807, 2.05) is 18.2 Å². The van der Waals surface area contributed by atoms with Crippen molar-refractivity contribution in [2.45, 2.75) is 38.8 Å². The van der Waals surface area contributed by atoms with Crippen LogP contribution >= 0.6 is 0 Å². The molecule has 0 aliphatic carbocycles. The van der Waals surface area contributed by atoms with Crippen LogP contribution in [0, 0.1) is 0 Å². The Hall–Kier alpha value is -1.87. The Morgan fingerprint density at radius 1 is 1.20 bits per heavy atom. The third-order valence-corrected chi connectivity index (χ3v) is 3.51. The van der Waals surface area contributed by atoms with Crippen molar-refractivity contribution in [3.63, 3.8) is 0 Å². The lowest BCUT2D eigenvalue weighted by Gasteiger charge is -2.14. The molecule has 0 spiro atoms. The summed E-state index contributed by atoms with van der Waals surface area (Å²) in [6, 6.07) is 14.0. The molecule has 0 saturated heterocycles. The summed E-state index contributed by atoms with van der Waals surface area (Å²) >= 11 is 0. The Bertz CT molecular complexity index is 580. The van der Waals surface area contributed by atoms with Crippen LogP contribution < -0.4 is 5.32 Å². The fraction of sp³-hybridized carbons (Fsp3) is 0.353. The molecule has 3 nitrogen and oxygen atoms in total. The molecule has 106 valence electrons. The summed E-state index contributed by atoms with van der Waals surface area (Å²) in [6.45, 7) is 2.66. The Labute approximate surface area is 119 Å². The summed E-state index contributed by atoms with van der Waals surface area (Å²) in [5.74, 6) is -0.765. The van der Waals surface area contributed by atoms with Gasteiger partial charge in [-0.3, -0.25) is 4.79 Å². The molecule has 0 fully saturated rings. The van der Waals surface area contributed by atoms with Crippen LogP contribution in [0.4, 0.5) is 0 Å². The molecular weight excluding hydrogens is 250 g/mol. The quantitative estimate of drug-likeness (QED) is 0.809. The Balaban J connectivity index is 2.01. The minimum atomic E-state index is -0.765. The lowest BCUT2D eigenvalue weighted by Crippen LogP contribution is -2.36. The predicted molar refractivity (Wildman–Crippen MR) is 81.7 cm³/mol. The summed E-state index contributed by atoms with van der Waals surface area (Å²) in [5.41, 5.74) is 1.12. The van der Waals surface area contributed by atoms with E-state index in [1.165, 1.54) is 10.8 Å². The maximum absolute atomic E-state index is 11.2. The highest BCUT2D eigenvalue weighted by Crippen LogP contribution is 2.15. The summed E-state index contributed by atoms with van der Waals surface area (Å²) in [4.78, 5) is 11.2. The molecule has 2 aromatic carbocycles. The highest BCUT2D eigenvalue weighted by Gasteiger charge is 2.15. The van der Waals surface area contributed by atoms with Crippen molar-refractivity contribution in [1.82, 2.24) is 5.32 Å². The number of fused-ring (bicyclic) bond motifs is 1. The zero-order chi connectivity index (χ0) is 14.4. The van der Waals surface area contributed by atoms with Gasteiger partial charge >= 0.3 is 5.97 Å². The molecule has 0 amide bonds. The van der Waals surface area contributed by atoms with E-state index >= 15 is 0 Å². The molecule has 20 heavy (non-hydrogen) atoms. The number of nitrogens with one attached hydrogen (secondary N) is 1. The van der Waals surface area contributed by atoms with Crippen molar-refractivity contribution in [3.8, 4) is 0 Å². The second-order valence-electron chi connectivity index (χ2n) is 5.10. The number of hydrogen-bond acceptors (Lipinski definition) is 2. The summed E-state index contributed by atoms with van der Waals surface area (Å²) in [5, 5.41) is 14.7. The molecule has 2 N–H and O–H groups in total. The van der Waals surface area contributed by atoms with Crippen molar-refractivity contribution in [1.29, 1.82) is 0 Å². The van der Waals surface area contributed by atoms with Gasteiger partial charge in [-0.1, -0.05) is 56.2 Å². The van der Waals surface area contributed by atoms with E-state index in [4.69, 9.17) is 0 Å². The number of carbonyl (C=O) groups is 1. The lowest BCUT2D eigenvalue weighted by molar-refractivity contribution is -0.139. The number of rotatable bonds is 7. The molecule has 0 saturated carbocycles. The van der Waals surface area contributed by atoms with E-state index in [-0.39, 0.29) is 0 Å². The van der Waals surface area contributed by atoms with Gasteiger partial charge in [-0.25, -0.2) is 0 Å². The fourth-order valence-corrected chi connectivity index (χ4v) is 2.31. The van der Waals surface area contributed by atoms with Crippen LogP contribution in [0.5, 0.6) is 0 Å². The van der Waals surface area contributed by atoms with Gasteiger partial charge in [-0.15, -0.1) is 0 Å². The van der Waals surface area contributed by atoms with Gasteiger partial charge in [-0.05, 0) is 28.8 Å². The second-order valence-corrected chi connectivity index (χ2v) is 5.10. The zero-order valence-corrected chi connectivity index (χ0v) is 11.8. The third kappa shape index (κ3) is 3.81. The Morgan fingerprint density at radius 2 is 1.95 bits per heavy atom. The number of unbranched alkanes of at least 4 members (excludes halogenated alkanes) is 1. The molecule has 0 aliphatic rings. The molecule has 2 aromatic rings. The number of carboxylic acids is 1. The molecule has 1 atom stereocenters. The average molecular weight is 271 g/mol. The lowest BCUT2D eigenvalue weighted by atomic mass is 10.1. The molecule has 0 aliphatic heterocycles. The topological polar surface area (TPSA) is 49.3 Å². The van der Waals surface area contributed by atoms with Crippen LogP contribution in [-0.2, 0) is 11.3 Å². The predicted octanol–water partition coefficient (Wildman–Crippen LogP) is 3.57. The van der Waals surface area contributed by atoms with Crippen molar-refractivity contribution in [2.24, 2.45) is 0 Å². The third-order valence-electron chi connectivity index (χ3n) is 3.51. The van der Waals surface area contributed by atoms with Crippen molar-refractivity contribution in [3.05, 3.63) is 48.0 Å². The minimum Gasteiger partial charge on any atom is -0.480 e.